The highest BCUT2D eigenvalue weighted by Gasteiger charge is 2.22. The van der Waals surface area contributed by atoms with Crippen molar-refractivity contribution >= 4 is 23.1 Å². The molecule has 0 unspecified atom stereocenters. The molecule has 2 heterocycles. The number of hydrogen-bond acceptors (Lipinski definition) is 4. The van der Waals surface area contributed by atoms with E-state index in [1.165, 1.54) is 5.56 Å². The third-order valence-corrected chi connectivity index (χ3v) is 5.04. The number of benzene rings is 1. The van der Waals surface area contributed by atoms with Gasteiger partial charge in [0.25, 0.3) is 0 Å². The van der Waals surface area contributed by atoms with Crippen LogP contribution in [-0.4, -0.2) is 30.5 Å². The molecule has 0 fully saturated rings. The minimum atomic E-state index is 0.221. The van der Waals surface area contributed by atoms with E-state index in [2.05, 4.69) is 66.4 Å². The molecule has 26 heavy (non-hydrogen) atoms. The topological polar surface area (TPSA) is 48.5 Å². The van der Waals surface area contributed by atoms with Crippen molar-refractivity contribution in [1.29, 1.82) is 0 Å². The number of amides is 1. The van der Waals surface area contributed by atoms with E-state index in [0.717, 1.165) is 42.3 Å². The molecule has 1 N–H and O–H groups in total. The van der Waals surface area contributed by atoms with Crippen LogP contribution in [0.5, 0.6) is 0 Å². The van der Waals surface area contributed by atoms with Crippen LogP contribution in [0, 0.1) is 0 Å². The van der Waals surface area contributed by atoms with Gasteiger partial charge in [-0.25, -0.2) is 4.98 Å². The highest BCUT2D eigenvalue weighted by atomic mass is 16.2. The van der Waals surface area contributed by atoms with E-state index in [0.29, 0.717) is 12.5 Å². The average Bonchev–Trinajstić information content (AvgIpc) is 2.66. The number of aryl methyl sites for hydroxylation is 1. The summed E-state index contributed by atoms with van der Waals surface area (Å²) in [5, 5.41) is 3.47. The molecule has 5 nitrogen and oxygen atoms in total. The van der Waals surface area contributed by atoms with Gasteiger partial charge in [-0.1, -0.05) is 6.07 Å². The summed E-state index contributed by atoms with van der Waals surface area (Å²) in [7, 11) is 2.06. The zero-order chi connectivity index (χ0) is 18.7. The molecule has 0 saturated carbocycles. The molecule has 0 bridgehead atoms. The van der Waals surface area contributed by atoms with Crippen LogP contribution in [0.2, 0.25) is 0 Å². The molecule has 1 aromatic heterocycles. The Morgan fingerprint density at radius 1 is 1.23 bits per heavy atom. The van der Waals surface area contributed by atoms with Crippen LogP contribution in [0.3, 0.4) is 0 Å². The molecule has 2 aromatic rings. The van der Waals surface area contributed by atoms with Crippen molar-refractivity contribution in [3.8, 4) is 0 Å². The lowest BCUT2D eigenvalue weighted by atomic mass is 10.0. The van der Waals surface area contributed by atoms with Crippen LogP contribution in [0.4, 0.5) is 17.2 Å². The van der Waals surface area contributed by atoms with Crippen LogP contribution < -0.4 is 15.1 Å². The molecule has 1 aromatic carbocycles. The lowest BCUT2D eigenvalue weighted by Crippen LogP contribution is -2.34. The minimum absolute atomic E-state index is 0.221. The van der Waals surface area contributed by atoms with Gasteiger partial charge in [-0.2, -0.15) is 0 Å². The molecule has 1 amide bonds. The predicted molar refractivity (Wildman–Crippen MR) is 108 cm³/mol. The summed E-state index contributed by atoms with van der Waals surface area (Å²) in [5.41, 5.74) is 4.52. The zero-order valence-electron chi connectivity index (χ0n) is 16.1. The number of rotatable bonds is 6. The monoisotopic (exact) mass is 352 g/mol. The van der Waals surface area contributed by atoms with E-state index in [-0.39, 0.29) is 5.91 Å². The summed E-state index contributed by atoms with van der Waals surface area (Å²) in [6.07, 6.45) is 3.34. The van der Waals surface area contributed by atoms with Crippen LogP contribution >= 0.6 is 0 Å². The van der Waals surface area contributed by atoms with Crippen molar-refractivity contribution in [2.45, 2.75) is 46.2 Å². The molecule has 3 rings (SSSR count). The maximum Gasteiger partial charge on any atom is 0.227 e. The van der Waals surface area contributed by atoms with Gasteiger partial charge in [-0.15, -0.1) is 0 Å². The lowest BCUT2D eigenvalue weighted by Gasteiger charge is -2.28. The molecule has 0 radical (unpaired) electrons. The van der Waals surface area contributed by atoms with Crippen molar-refractivity contribution in [1.82, 2.24) is 4.98 Å². The Morgan fingerprint density at radius 3 is 2.69 bits per heavy atom. The number of anilines is 3. The smallest absolute Gasteiger partial charge is 0.227 e. The molecule has 1 aliphatic heterocycles. The molecule has 0 spiro atoms. The number of fused-ring (bicyclic) bond motifs is 1. The third kappa shape index (κ3) is 3.82. The Balaban J connectivity index is 1.66. The van der Waals surface area contributed by atoms with E-state index >= 15 is 0 Å². The maximum atomic E-state index is 12.0. The minimum Gasteiger partial charge on any atom is -0.381 e. The highest BCUT2D eigenvalue weighted by Crippen LogP contribution is 2.30. The van der Waals surface area contributed by atoms with Gasteiger partial charge in [0.15, 0.2) is 0 Å². The second kappa shape index (κ2) is 7.77. The van der Waals surface area contributed by atoms with E-state index in [1.54, 1.807) is 0 Å². The molecule has 0 atom stereocenters. The number of hydrogen-bond donors (Lipinski definition) is 1. The van der Waals surface area contributed by atoms with E-state index in [1.807, 2.05) is 18.0 Å². The molecule has 5 heteroatoms. The first-order valence-corrected chi connectivity index (χ1v) is 9.34. The van der Waals surface area contributed by atoms with Gasteiger partial charge in [0.05, 0.1) is 0 Å². The summed E-state index contributed by atoms with van der Waals surface area (Å²) >= 11 is 0. The molecular formula is C21H28N4O. The fraction of sp³-hybridized carbons (Fsp3) is 0.429. The Kier molecular flexibility index (Phi) is 5.45. The maximum absolute atomic E-state index is 12.0. The number of aromatic nitrogens is 1. The summed E-state index contributed by atoms with van der Waals surface area (Å²) in [6, 6.07) is 10.9. The SMILES string of the molecule is CCN1C(=O)CCc2cc(NCc3ccc(N(C)C(C)C)nc3)ccc21. The van der Waals surface area contributed by atoms with E-state index < -0.39 is 0 Å². The Hall–Kier alpha value is -2.56. The Morgan fingerprint density at radius 2 is 2.04 bits per heavy atom. The summed E-state index contributed by atoms with van der Waals surface area (Å²) in [6.45, 7) is 7.78. The van der Waals surface area contributed by atoms with Crippen molar-refractivity contribution < 1.29 is 4.79 Å². The molecule has 1 aliphatic rings. The molecule has 0 saturated heterocycles. The quantitative estimate of drug-likeness (QED) is 0.858. The number of nitrogens with one attached hydrogen (secondary N) is 1. The largest absolute Gasteiger partial charge is 0.381 e. The summed E-state index contributed by atoms with van der Waals surface area (Å²) in [4.78, 5) is 20.6. The molecule has 138 valence electrons. The lowest BCUT2D eigenvalue weighted by molar-refractivity contribution is -0.118. The van der Waals surface area contributed by atoms with Crippen molar-refractivity contribution in [3.05, 3.63) is 47.7 Å². The van der Waals surface area contributed by atoms with E-state index in [4.69, 9.17) is 0 Å². The van der Waals surface area contributed by atoms with Crippen LogP contribution in [-0.2, 0) is 17.8 Å². The van der Waals surface area contributed by atoms with Crippen molar-refractivity contribution in [2.24, 2.45) is 0 Å². The van der Waals surface area contributed by atoms with Crippen molar-refractivity contribution in [3.63, 3.8) is 0 Å². The van der Waals surface area contributed by atoms with Crippen LogP contribution in [0.15, 0.2) is 36.5 Å². The fourth-order valence-electron chi connectivity index (χ4n) is 3.22. The standard InChI is InChI=1S/C21H28N4O/c1-5-25-19-9-8-18(12-17(19)7-11-21(25)26)22-13-16-6-10-20(23-14-16)24(4)15(2)3/h6,8-10,12,14-15,22H,5,7,11,13H2,1-4H3. The number of pyridine rings is 1. The van der Waals surface area contributed by atoms with Crippen LogP contribution in [0.1, 0.15) is 38.3 Å². The summed E-state index contributed by atoms with van der Waals surface area (Å²) < 4.78 is 0. The van der Waals surface area contributed by atoms with Gasteiger partial charge < -0.3 is 15.1 Å². The van der Waals surface area contributed by atoms with Gasteiger partial charge in [0, 0.05) is 50.2 Å². The Bertz CT molecular complexity index is 770. The highest BCUT2D eigenvalue weighted by molar-refractivity contribution is 5.96. The van der Waals surface area contributed by atoms with E-state index in [9.17, 15) is 4.79 Å². The molecule has 0 aliphatic carbocycles. The number of carbonyl (C=O) groups excluding carboxylic acids is 1. The first kappa shape index (κ1) is 18.2. The van der Waals surface area contributed by atoms with Gasteiger partial charge in [0.1, 0.15) is 5.82 Å². The second-order valence-corrected chi connectivity index (χ2v) is 7.06. The second-order valence-electron chi connectivity index (χ2n) is 7.06. The van der Waals surface area contributed by atoms with Crippen LogP contribution in [0.25, 0.3) is 0 Å². The van der Waals surface area contributed by atoms with Crippen molar-refractivity contribution in [2.75, 3.05) is 28.7 Å². The normalized spacial score (nSPS) is 13.7. The first-order valence-electron chi connectivity index (χ1n) is 9.34. The Labute approximate surface area is 156 Å². The third-order valence-electron chi connectivity index (χ3n) is 5.04. The van der Waals surface area contributed by atoms with Gasteiger partial charge in [-0.05, 0) is 62.6 Å². The number of carbonyl (C=O) groups is 1. The van der Waals surface area contributed by atoms with Gasteiger partial charge >= 0.3 is 0 Å². The van der Waals surface area contributed by atoms with Gasteiger partial charge in [0.2, 0.25) is 5.91 Å². The average molecular weight is 352 g/mol. The zero-order valence-corrected chi connectivity index (χ0v) is 16.1. The summed E-state index contributed by atoms with van der Waals surface area (Å²) in [5.74, 6) is 1.21. The first-order chi connectivity index (χ1) is 12.5. The molecular weight excluding hydrogens is 324 g/mol. The fourth-order valence-corrected chi connectivity index (χ4v) is 3.22. The predicted octanol–water partition coefficient (Wildman–Crippen LogP) is 3.84. The van der Waals surface area contributed by atoms with Gasteiger partial charge in [-0.3, -0.25) is 4.79 Å². The number of nitrogens with zero attached hydrogens (tertiary/aromatic N) is 3.